The molecular formula is C28H30N2O5. The Bertz CT molecular complexity index is 1290. The average Bonchev–Trinajstić information content (AvgIpc) is 2.85. The highest BCUT2D eigenvalue weighted by Crippen LogP contribution is 2.39. The third-order valence-electron chi connectivity index (χ3n) is 6.85. The monoisotopic (exact) mass is 474 g/mol. The smallest absolute Gasteiger partial charge is 0.339 e. The van der Waals surface area contributed by atoms with Gasteiger partial charge in [-0.15, -0.1) is 0 Å². The second kappa shape index (κ2) is 9.21. The summed E-state index contributed by atoms with van der Waals surface area (Å²) in [6, 6.07) is 12.8. The molecule has 0 saturated carbocycles. The maximum atomic E-state index is 13.4. The standard InChI is InChI=1S/C28H30N2O5/c1-28(2,3)17-8-10-22-20(14-17)26(19-6-4-5-7-21(19)30-22)27(32)35-16-25(31)29-18-9-11-23-24(15-18)34-13-12-33-23/h4-7,9,11,15,17H,8,10,12-14,16H2,1-3H3,(H,29,31). The number of nitrogens with one attached hydrogen (secondary N) is 1. The second-order valence-electron chi connectivity index (χ2n) is 10.2. The van der Waals surface area contributed by atoms with Gasteiger partial charge >= 0.3 is 5.97 Å². The number of anilines is 1. The summed E-state index contributed by atoms with van der Waals surface area (Å²) < 4.78 is 16.6. The summed E-state index contributed by atoms with van der Waals surface area (Å²) in [6.45, 7) is 7.27. The Kier molecular flexibility index (Phi) is 6.09. The minimum absolute atomic E-state index is 0.119. The topological polar surface area (TPSA) is 86.8 Å². The number of pyridine rings is 1. The van der Waals surface area contributed by atoms with Crippen molar-refractivity contribution in [1.29, 1.82) is 0 Å². The molecule has 2 aliphatic rings. The lowest BCUT2D eigenvalue weighted by Gasteiger charge is -2.35. The summed E-state index contributed by atoms with van der Waals surface area (Å²) in [5, 5.41) is 3.52. The fourth-order valence-electron chi connectivity index (χ4n) is 4.88. The van der Waals surface area contributed by atoms with Gasteiger partial charge in [0.25, 0.3) is 5.91 Å². The molecule has 1 aliphatic heterocycles. The zero-order valence-electron chi connectivity index (χ0n) is 20.3. The number of hydrogen-bond donors (Lipinski definition) is 1. The number of aryl methyl sites for hydroxylation is 1. The number of amides is 1. The highest BCUT2D eigenvalue weighted by molar-refractivity contribution is 6.06. The summed E-state index contributed by atoms with van der Waals surface area (Å²) in [6.07, 6.45) is 2.63. The van der Waals surface area contributed by atoms with Crippen molar-refractivity contribution in [2.24, 2.45) is 11.3 Å². The van der Waals surface area contributed by atoms with Gasteiger partial charge in [0.1, 0.15) is 13.2 Å². The van der Waals surface area contributed by atoms with Crippen LogP contribution in [-0.2, 0) is 22.4 Å². The summed E-state index contributed by atoms with van der Waals surface area (Å²) in [4.78, 5) is 30.8. The molecule has 2 heterocycles. The van der Waals surface area contributed by atoms with E-state index in [0.717, 1.165) is 41.4 Å². The van der Waals surface area contributed by atoms with Gasteiger partial charge in [-0.3, -0.25) is 9.78 Å². The highest BCUT2D eigenvalue weighted by Gasteiger charge is 2.33. The number of esters is 1. The van der Waals surface area contributed by atoms with Crippen molar-refractivity contribution in [2.45, 2.75) is 40.0 Å². The number of nitrogens with zero attached hydrogens (tertiary/aromatic N) is 1. The molecular weight excluding hydrogens is 444 g/mol. The Morgan fingerprint density at radius 1 is 1.09 bits per heavy atom. The molecule has 0 saturated heterocycles. The molecule has 0 bridgehead atoms. The van der Waals surface area contributed by atoms with Gasteiger partial charge < -0.3 is 19.5 Å². The summed E-state index contributed by atoms with van der Waals surface area (Å²) in [5.41, 5.74) is 3.88. The third kappa shape index (κ3) is 4.81. The van der Waals surface area contributed by atoms with E-state index in [0.29, 0.717) is 41.9 Å². The van der Waals surface area contributed by atoms with Crippen molar-refractivity contribution in [3.8, 4) is 11.5 Å². The van der Waals surface area contributed by atoms with Gasteiger partial charge in [-0.05, 0) is 54.4 Å². The number of benzene rings is 2. The molecule has 5 rings (SSSR count). The van der Waals surface area contributed by atoms with Crippen LogP contribution in [-0.4, -0.2) is 36.7 Å². The molecule has 0 radical (unpaired) electrons. The molecule has 1 N–H and O–H groups in total. The molecule has 182 valence electrons. The van der Waals surface area contributed by atoms with Crippen LogP contribution >= 0.6 is 0 Å². The van der Waals surface area contributed by atoms with Crippen molar-refractivity contribution in [2.75, 3.05) is 25.1 Å². The fourth-order valence-corrected chi connectivity index (χ4v) is 4.88. The van der Waals surface area contributed by atoms with Crippen molar-refractivity contribution >= 4 is 28.5 Å². The zero-order valence-corrected chi connectivity index (χ0v) is 20.3. The molecule has 0 fully saturated rings. The number of aromatic nitrogens is 1. The molecule has 2 aromatic carbocycles. The molecule has 1 aliphatic carbocycles. The van der Waals surface area contributed by atoms with E-state index in [2.05, 4.69) is 26.1 Å². The minimum atomic E-state index is -0.494. The lowest BCUT2D eigenvalue weighted by atomic mass is 9.70. The van der Waals surface area contributed by atoms with E-state index >= 15 is 0 Å². The maximum absolute atomic E-state index is 13.4. The Balaban J connectivity index is 1.35. The SMILES string of the molecule is CC(C)(C)C1CCc2nc3ccccc3c(C(=O)OCC(=O)Nc3ccc4c(c3)OCCO4)c2C1. The van der Waals surface area contributed by atoms with Gasteiger partial charge in [-0.2, -0.15) is 0 Å². The van der Waals surface area contributed by atoms with Crippen LogP contribution in [0.4, 0.5) is 5.69 Å². The first-order valence-corrected chi connectivity index (χ1v) is 12.1. The van der Waals surface area contributed by atoms with E-state index in [1.165, 1.54) is 0 Å². The number of para-hydroxylation sites is 1. The van der Waals surface area contributed by atoms with Crippen LogP contribution in [0.5, 0.6) is 11.5 Å². The molecule has 1 aromatic heterocycles. The summed E-state index contributed by atoms with van der Waals surface area (Å²) in [5.74, 6) is 0.738. The van der Waals surface area contributed by atoms with Gasteiger partial charge in [0.15, 0.2) is 18.1 Å². The first-order chi connectivity index (χ1) is 16.8. The summed E-state index contributed by atoms with van der Waals surface area (Å²) >= 11 is 0. The van der Waals surface area contributed by atoms with E-state index in [1.54, 1.807) is 18.2 Å². The van der Waals surface area contributed by atoms with Crippen LogP contribution in [0.1, 0.15) is 48.8 Å². The molecule has 1 atom stereocenters. The largest absolute Gasteiger partial charge is 0.486 e. The molecule has 3 aromatic rings. The van der Waals surface area contributed by atoms with Gasteiger partial charge in [0.2, 0.25) is 0 Å². The third-order valence-corrected chi connectivity index (χ3v) is 6.85. The number of rotatable bonds is 4. The van der Waals surface area contributed by atoms with Crippen LogP contribution in [0.25, 0.3) is 10.9 Å². The molecule has 35 heavy (non-hydrogen) atoms. The first-order valence-electron chi connectivity index (χ1n) is 12.1. The molecule has 7 nitrogen and oxygen atoms in total. The first kappa shape index (κ1) is 23.1. The number of fused-ring (bicyclic) bond motifs is 3. The quantitative estimate of drug-likeness (QED) is 0.539. The normalized spacial score (nSPS) is 16.9. The molecule has 1 unspecified atom stereocenters. The number of ether oxygens (including phenoxy) is 3. The van der Waals surface area contributed by atoms with Crippen molar-refractivity contribution in [3.05, 3.63) is 59.3 Å². The number of carbonyl (C=O) groups is 2. The van der Waals surface area contributed by atoms with Crippen molar-refractivity contribution in [1.82, 2.24) is 4.98 Å². The van der Waals surface area contributed by atoms with Gasteiger partial charge in [-0.25, -0.2) is 4.79 Å². The minimum Gasteiger partial charge on any atom is -0.486 e. The predicted octanol–water partition coefficient (Wildman–Crippen LogP) is 4.95. The van der Waals surface area contributed by atoms with Crippen LogP contribution in [0.15, 0.2) is 42.5 Å². The molecule has 1 amide bonds. The molecule has 7 heteroatoms. The maximum Gasteiger partial charge on any atom is 0.339 e. The van der Waals surface area contributed by atoms with E-state index < -0.39 is 11.9 Å². The van der Waals surface area contributed by atoms with Crippen LogP contribution < -0.4 is 14.8 Å². The van der Waals surface area contributed by atoms with Crippen molar-refractivity contribution < 1.29 is 23.8 Å². The summed E-state index contributed by atoms with van der Waals surface area (Å²) in [7, 11) is 0. The Morgan fingerprint density at radius 3 is 2.66 bits per heavy atom. The van der Waals surface area contributed by atoms with Crippen molar-refractivity contribution in [3.63, 3.8) is 0 Å². The second-order valence-corrected chi connectivity index (χ2v) is 10.2. The van der Waals surface area contributed by atoms with Crippen LogP contribution in [0, 0.1) is 11.3 Å². The van der Waals surface area contributed by atoms with Gasteiger partial charge in [0.05, 0.1) is 11.1 Å². The van der Waals surface area contributed by atoms with Gasteiger partial charge in [0, 0.05) is 22.8 Å². The lowest BCUT2D eigenvalue weighted by Crippen LogP contribution is -2.29. The van der Waals surface area contributed by atoms with Crippen LogP contribution in [0.3, 0.4) is 0 Å². The van der Waals surface area contributed by atoms with E-state index in [9.17, 15) is 9.59 Å². The zero-order chi connectivity index (χ0) is 24.6. The lowest BCUT2D eigenvalue weighted by molar-refractivity contribution is -0.119. The number of carbonyl (C=O) groups excluding carboxylic acids is 2. The fraction of sp³-hybridized carbons (Fsp3) is 0.393. The predicted molar refractivity (Wildman–Crippen MR) is 133 cm³/mol. The van der Waals surface area contributed by atoms with E-state index in [1.807, 2.05) is 24.3 Å². The Hall–Kier alpha value is -3.61. The Morgan fingerprint density at radius 2 is 1.86 bits per heavy atom. The van der Waals surface area contributed by atoms with E-state index in [-0.39, 0.29) is 12.0 Å². The number of hydrogen-bond acceptors (Lipinski definition) is 6. The van der Waals surface area contributed by atoms with Crippen LogP contribution in [0.2, 0.25) is 0 Å². The Labute approximate surface area is 204 Å². The molecule has 0 spiro atoms. The average molecular weight is 475 g/mol. The van der Waals surface area contributed by atoms with Gasteiger partial charge in [-0.1, -0.05) is 39.0 Å². The van der Waals surface area contributed by atoms with E-state index in [4.69, 9.17) is 19.2 Å². The highest BCUT2D eigenvalue weighted by atomic mass is 16.6.